The van der Waals surface area contributed by atoms with Gasteiger partial charge in [0, 0.05) is 12.5 Å². The van der Waals surface area contributed by atoms with E-state index >= 15 is 0 Å². The van der Waals surface area contributed by atoms with Gasteiger partial charge < -0.3 is 19.3 Å². The first-order chi connectivity index (χ1) is 20.5. The number of aliphatic hydroxyl groups excluding tert-OH is 1. The first-order valence-electron chi connectivity index (χ1n) is 17.4. The SMILES string of the molecule is CO[C@@H]1C[C@H]2[C@@H]3CC[C@H]([C@H](C)C(C(O)[C@H]4OC(C)(C)OC4(C)C)S(=O)(=O)c4ccccc4)[C@@]3(C)CC[C@@H]2[C@@]2(C)CC[C@H]3C[C@]312. The zero-order valence-corrected chi connectivity index (χ0v) is 29.0. The molecule has 0 bridgehead atoms. The van der Waals surface area contributed by atoms with Crippen LogP contribution in [0.4, 0.5) is 0 Å². The summed E-state index contributed by atoms with van der Waals surface area (Å²) in [7, 11) is -1.95. The molecular formula is C37H56O6S. The van der Waals surface area contributed by atoms with E-state index in [1.807, 2.05) is 40.9 Å². The predicted molar refractivity (Wildman–Crippen MR) is 171 cm³/mol. The second-order valence-corrected chi connectivity index (χ2v) is 19.4. The lowest BCUT2D eigenvalue weighted by Gasteiger charge is -2.61. The number of aliphatic hydroxyl groups is 1. The number of ether oxygens (including phenoxy) is 3. The quantitative estimate of drug-likeness (QED) is 0.349. The maximum atomic E-state index is 14.6. The minimum atomic E-state index is -3.89. The zero-order valence-electron chi connectivity index (χ0n) is 28.2. The average Bonchev–Trinajstić information content (AvgIpc) is 3.35. The third-order valence-electron chi connectivity index (χ3n) is 14.7. The Bertz CT molecular complexity index is 1380. The number of sulfone groups is 1. The van der Waals surface area contributed by atoms with Gasteiger partial charge in [-0.3, -0.25) is 0 Å². The minimum Gasteiger partial charge on any atom is -0.389 e. The third-order valence-corrected chi connectivity index (χ3v) is 17.1. The molecule has 1 saturated heterocycles. The summed E-state index contributed by atoms with van der Waals surface area (Å²) in [6.07, 6.45) is 8.03. The summed E-state index contributed by atoms with van der Waals surface area (Å²) >= 11 is 0. The smallest absolute Gasteiger partial charge is 0.184 e. The van der Waals surface area contributed by atoms with Crippen LogP contribution in [0.25, 0.3) is 0 Å². The van der Waals surface area contributed by atoms with Crippen molar-refractivity contribution in [3.8, 4) is 0 Å². The van der Waals surface area contributed by atoms with Crippen LogP contribution in [-0.4, -0.2) is 55.6 Å². The Kier molecular flexibility index (Phi) is 7.19. The van der Waals surface area contributed by atoms with Crippen molar-refractivity contribution < 1.29 is 27.7 Å². The molecule has 1 aromatic carbocycles. The fraction of sp³-hybridized carbons (Fsp3) is 0.838. The summed E-state index contributed by atoms with van der Waals surface area (Å²) in [4.78, 5) is 0.268. The molecule has 6 nitrogen and oxygen atoms in total. The van der Waals surface area contributed by atoms with Crippen LogP contribution in [0.1, 0.15) is 99.8 Å². The highest BCUT2D eigenvalue weighted by atomic mass is 32.2. The number of methoxy groups -OCH3 is 1. The third kappa shape index (κ3) is 4.20. The first kappa shape index (κ1) is 31.6. The van der Waals surface area contributed by atoms with E-state index in [0.717, 1.165) is 37.5 Å². The summed E-state index contributed by atoms with van der Waals surface area (Å²) in [5.74, 6) is 1.78. The Morgan fingerprint density at radius 3 is 2.27 bits per heavy atom. The molecule has 6 fully saturated rings. The normalized spacial score (nSPS) is 47.2. The standard InChI is InChI=1S/C37H56O6S/c1-22(31(44(39,40)24-12-10-9-11-13-24)30(38)32-33(2,3)43-34(4,5)42-32)26-14-15-27-25-20-29(41-8)37-21-23(37)16-19-36(37,7)28(25)17-18-35(26,27)6/h9-13,22-23,25-32,38H,14-21H2,1-8H3/t22-,23-,25-,26+,27-,28-,29+,30?,31?,32+,35+,36+,37-/m0/s1. The average molecular weight is 629 g/mol. The molecule has 7 heteroatoms. The molecule has 246 valence electrons. The highest BCUT2D eigenvalue weighted by Gasteiger charge is 2.77. The van der Waals surface area contributed by atoms with Crippen molar-refractivity contribution in [1.82, 2.24) is 0 Å². The first-order valence-corrected chi connectivity index (χ1v) is 19.0. The summed E-state index contributed by atoms with van der Waals surface area (Å²) in [5.41, 5.74) is -0.0596. The van der Waals surface area contributed by atoms with Gasteiger partial charge >= 0.3 is 0 Å². The van der Waals surface area contributed by atoms with Crippen LogP contribution < -0.4 is 0 Å². The molecule has 0 amide bonds. The lowest BCUT2D eigenvalue weighted by Crippen LogP contribution is -2.58. The summed E-state index contributed by atoms with van der Waals surface area (Å²) in [6, 6.07) is 8.72. The van der Waals surface area contributed by atoms with Crippen LogP contribution in [0.15, 0.2) is 35.2 Å². The number of benzene rings is 1. The van der Waals surface area contributed by atoms with Crippen LogP contribution >= 0.6 is 0 Å². The highest BCUT2D eigenvalue weighted by molar-refractivity contribution is 7.92. The maximum absolute atomic E-state index is 14.6. The molecule has 6 aliphatic rings. The van der Waals surface area contributed by atoms with Crippen molar-refractivity contribution in [2.24, 2.45) is 51.8 Å². The molecule has 5 saturated carbocycles. The van der Waals surface area contributed by atoms with E-state index in [4.69, 9.17) is 14.2 Å². The van der Waals surface area contributed by atoms with Crippen LogP contribution in [0, 0.1) is 51.8 Å². The van der Waals surface area contributed by atoms with E-state index in [2.05, 4.69) is 20.8 Å². The van der Waals surface area contributed by atoms with Crippen LogP contribution in [0.2, 0.25) is 0 Å². The van der Waals surface area contributed by atoms with E-state index in [1.165, 1.54) is 25.7 Å². The van der Waals surface area contributed by atoms with Crippen molar-refractivity contribution in [3.63, 3.8) is 0 Å². The van der Waals surface area contributed by atoms with Gasteiger partial charge in [-0.05, 0) is 138 Å². The topological polar surface area (TPSA) is 82.1 Å². The second kappa shape index (κ2) is 10.0. The van der Waals surface area contributed by atoms with Crippen molar-refractivity contribution in [1.29, 1.82) is 0 Å². The molecule has 44 heavy (non-hydrogen) atoms. The van der Waals surface area contributed by atoms with Gasteiger partial charge in [-0.15, -0.1) is 0 Å². The van der Waals surface area contributed by atoms with Crippen LogP contribution in [0.3, 0.4) is 0 Å². The van der Waals surface area contributed by atoms with E-state index < -0.39 is 38.7 Å². The molecule has 5 aliphatic carbocycles. The summed E-state index contributed by atoms with van der Waals surface area (Å²) < 4.78 is 48.0. The van der Waals surface area contributed by atoms with Gasteiger partial charge in [-0.2, -0.15) is 0 Å². The Morgan fingerprint density at radius 1 is 0.955 bits per heavy atom. The fourth-order valence-electron chi connectivity index (χ4n) is 13.1. The molecule has 13 atom stereocenters. The molecule has 1 N–H and O–H groups in total. The summed E-state index contributed by atoms with van der Waals surface area (Å²) in [5, 5.41) is 11.2. The fourth-order valence-corrected chi connectivity index (χ4v) is 15.2. The Labute approximate surface area is 265 Å². The largest absolute Gasteiger partial charge is 0.389 e. The van der Waals surface area contributed by atoms with Gasteiger partial charge in [0.05, 0.1) is 21.9 Å². The number of rotatable bonds is 7. The van der Waals surface area contributed by atoms with E-state index in [1.54, 1.807) is 24.3 Å². The highest BCUT2D eigenvalue weighted by Crippen LogP contribution is 2.82. The number of hydrogen-bond acceptors (Lipinski definition) is 6. The van der Waals surface area contributed by atoms with Crippen molar-refractivity contribution in [2.75, 3.05) is 7.11 Å². The van der Waals surface area contributed by atoms with E-state index in [9.17, 15) is 13.5 Å². The molecule has 1 aromatic rings. The van der Waals surface area contributed by atoms with Gasteiger partial charge in [0.15, 0.2) is 15.6 Å². The Hall–Kier alpha value is -0.990. The van der Waals surface area contributed by atoms with E-state index in [-0.39, 0.29) is 22.1 Å². The van der Waals surface area contributed by atoms with Crippen LogP contribution in [0.5, 0.6) is 0 Å². The molecule has 2 unspecified atom stereocenters. The Morgan fingerprint density at radius 2 is 1.66 bits per heavy atom. The van der Waals surface area contributed by atoms with Crippen molar-refractivity contribution in [3.05, 3.63) is 30.3 Å². The van der Waals surface area contributed by atoms with Gasteiger partial charge in [0.2, 0.25) is 0 Å². The van der Waals surface area contributed by atoms with Gasteiger partial charge in [-0.25, -0.2) is 8.42 Å². The van der Waals surface area contributed by atoms with Crippen molar-refractivity contribution in [2.45, 2.75) is 140 Å². The minimum absolute atomic E-state index is 0.0211. The second-order valence-electron chi connectivity index (χ2n) is 17.3. The maximum Gasteiger partial charge on any atom is 0.184 e. The zero-order chi connectivity index (χ0) is 31.7. The molecule has 7 rings (SSSR count). The van der Waals surface area contributed by atoms with Crippen molar-refractivity contribution >= 4 is 9.84 Å². The molecule has 1 aliphatic heterocycles. The number of fused-ring (bicyclic) bond motifs is 4. The molecule has 0 radical (unpaired) electrons. The van der Waals surface area contributed by atoms with Gasteiger partial charge in [0.1, 0.15) is 12.2 Å². The molecule has 1 heterocycles. The number of hydrogen-bond donors (Lipinski definition) is 1. The molecule has 1 spiro atoms. The van der Waals surface area contributed by atoms with Gasteiger partial charge in [-0.1, -0.05) is 39.0 Å². The predicted octanol–water partition coefficient (Wildman–Crippen LogP) is 7.04. The van der Waals surface area contributed by atoms with Gasteiger partial charge in [0.25, 0.3) is 0 Å². The monoisotopic (exact) mass is 628 g/mol. The van der Waals surface area contributed by atoms with E-state index in [0.29, 0.717) is 28.8 Å². The lowest BCUT2D eigenvalue weighted by atomic mass is 9.45. The summed E-state index contributed by atoms with van der Waals surface area (Å²) in [6.45, 7) is 14.6. The molecule has 0 aromatic heterocycles. The Balaban J connectivity index is 1.23. The lowest BCUT2D eigenvalue weighted by molar-refractivity contribution is -0.165. The molecular weight excluding hydrogens is 572 g/mol. The van der Waals surface area contributed by atoms with Crippen LogP contribution in [-0.2, 0) is 24.0 Å².